The first-order valence-electron chi connectivity index (χ1n) is 10.4. The van der Waals surface area contributed by atoms with Crippen LogP contribution in [0.3, 0.4) is 0 Å². The van der Waals surface area contributed by atoms with Gasteiger partial charge in [0.05, 0.1) is 24.9 Å². The number of carboxylic acid groups (broad SMARTS) is 1. The SMILES string of the molecule is Cn1nncc1CNC(=O)C(CC(=O)O)NC(=O)OCC1c2ccccc2-c2ccccc21. The smallest absolute Gasteiger partial charge is 0.407 e. The molecule has 0 fully saturated rings. The van der Waals surface area contributed by atoms with Gasteiger partial charge >= 0.3 is 12.1 Å². The Morgan fingerprint density at radius 2 is 1.73 bits per heavy atom. The van der Waals surface area contributed by atoms with Crippen LogP contribution in [0, 0.1) is 0 Å². The molecule has 2 amide bonds. The van der Waals surface area contributed by atoms with E-state index in [1.165, 1.54) is 10.9 Å². The lowest BCUT2D eigenvalue weighted by Crippen LogP contribution is -2.48. The number of nitrogens with zero attached hydrogens (tertiary/aromatic N) is 3. The molecule has 10 heteroatoms. The molecule has 0 saturated carbocycles. The van der Waals surface area contributed by atoms with Gasteiger partial charge in [0, 0.05) is 13.0 Å². The van der Waals surface area contributed by atoms with E-state index in [4.69, 9.17) is 9.84 Å². The van der Waals surface area contributed by atoms with E-state index in [9.17, 15) is 14.4 Å². The van der Waals surface area contributed by atoms with Gasteiger partial charge in [-0.05, 0) is 22.3 Å². The van der Waals surface area contributed by atoms with E-state index in [0.29, 0.717) is 5.69 Å². The molecule has 33 heavy (non-hydrogen) atoms. The third-order valence-electron chi connectivity index (χ3n) is 5.58. The number of aromatic nitrogens is 3. The van der Waals surface area contributed by atoms with Crippen molar-refractivity contribution in [2.75, 3.05) is 6.61 Å². The van der Waals surface area contributed by atoms with Crippen molar-refractivity contribution in [1.29, 1.82) is 0 Å². The van der Waals surface area contributed by atoms with E-state index in [1.807, 2.05) is 48.5 Å². The highest BCUT2D eigenvalue weighted by atomic mass is 16.5. The minimum Gasteiger partial charge on any atom is -0.481 e. The number of carboxylic acids is 1. The number of nitrogens with one attached hydrogen (secondary N) is 2. The Balaban J connectivity index is 1.39. The van der Waals surface area contributed by atoms with E-state index < -0.39 is 30.4 Å². The zero-order valence-corrected chi connectivity index (χ0v) is 17.9. The number of fused-ring (bicyclic) bond motifs is 3. The zero-order valence-electron chi connectivity index (χ0n) is 17.9. The first-order chi connectivity index (χ1) is 15.9. The number of amides is 2. The average Bonchev–Trinajstić information content (AvgIpc) is 3.36. The van der Waals surface area contributed by atoms with Crippen LogP contribution < -0.4 is 10.6 Å². The Morgan fingerprint density at radius 3 is 2.30 bits per heavy atom. The van der Waals surface area contributed by atoms with Gasteiger partial charge in [0.1, 0.15) is 12.6 Å². The van der Waals surface area contributed by atoms with Gasteiger partial charge in [-0.2, -0.15) is 0 Å². The van der Waals surface area contributed by atoms with Crippen LogP contribution in [0.15, 0.2) is 54.7 Å². The predicted octanol–water partition coefficient (Wildman–Crippen LogP) is 1.81. The summed E-state index contributed by atoms with van der Waals surface area (Å²) in [7, 11) is 1.66. The van der Waals surface area contributed by atoms with Crippen LogP contribution in [0.4, 0.5) is 4.79 Å². The molecule has 1 aliphatic carbocycles. The quantitative estimate of drug-likeness (QED) is 0.477. The highest BCUT2D eigenvalue weighted by molar-refractivity contribution is 5.89. The molecule has 0 bridgehead atoms. The van der Waals surface area contributed by atoms with E-state index in [2.05, 4.69) is 20.9 Å². The zero-order chi connectivity index (χ0) is 23.4. The van der Waals surface area contributed by atoms with Crippen molar-refractivity contribution in [1.82, 2.24) is 25.6 Å². The molecule has 4 rings (SSSR count). The molecule has 3 N–H and O–H groups in total. The number of hydrogen-bond donors (Lipinski definition) is 3. The van der Waals surface area contributed by atoms with Gasteiger partial charge in [-0.1, -0.05) is 53.7 Å². The first-order valence-corrected chi connectivity index (χ1v) is 10.4. The largest absolute Gasteiger partial charge is 0.481 e. The standard InChI is InChI=1S/C23H23N5O5/c1-28-14(12-25-27-28)11-24-22(31)20(10-21(29)30)26-23(32)33-13-19-17-8-4-2-6-15(17)16-7-3-5-9-18(16)19/h2-9,12,19-20H,10-11,13H2,1H3,(H,24,31)(H,26,32)(H,29,30). The van der Waals surface area contributed by atoms with Gasteiger partial charge in [0.25, 0.3) is 0 Å². The number of rotatable bonds is 8. The fourth-order valence-electron chi connectivity index (χ4n) is 3.94. The predicted molar refractivity (Wildman–Crippen MR) is 117 cm³/mol. The molecular formula is C23H23N5O5. The summed E-state index contributed by atoms with van der Waals surface area (Å²) in [4.78, 5) is 36.2. The minimum atomic E-state index is -1.29. The monoisotopic (exact) mass is 449 g/mol. The number of alkyl carbamates (subject to hydrolysis) is 1. The van der Waals surface area contributed by atoms with Crippen molar-refractivity contribution in [2.24, 2.45) is 7.05 Å². The lowest BCUT2D eigenvalue weighted by atomic mass is 9.98. The van der Waals surface area contributed by atoms with Gasteiger partial charge in [-0.3, -0.25) is 14.3 Å². The third kappa shape index (κ3) is 4.84. The fourth-order valence-corrected chi connectivity index (χ4v) is 3.94. The number of benzene rings is 2. The van der Waals surface area contributed by atoms with Crippen molar-refractivity contribution < 1.29 is 24.2 Å². The average molecular weight is 449 g/mol. The Hall–Kier alpha value is -4.21. The summed E-state index contributed by atoms with van der Waals surface area (Å²) in [6.07, 6.45) is 0.0333. The summed E-state index contributed by atoms with van der Waals surface area (Å²) >= 11 is 0. The number of ether oxygens (including phenoxy) is 1. The van der Waals surface area contributed by atoms with Crippen LogP contribution in [0.5, 0.6) is 0 Å². The molecule has 0 aliphatic heterocycles. The summed E-state index contributed by atoms with van der Waals surface area (Å²) in [5.41, 5.74) is 4.91. The van der Waals surface area contributed by atoms with Crippen LogP contribution in [0.25, 0.3) is 11.1 Å². The van der Waals surface area contributed by atoms with Gasteiger partial charge in [0.15, 0.2) is 0 Å². The van der Waals surface area contributed by atoms with Crippen LogP contribution in [0.2, 0.25) is 0 Å². The van der Waals surface area contributed by atoms with Crippen molar-refractivity contribution in [3.05, 3.63) is 71.5 Å². The van der Waals surface area contributed by atoms with Gasteiger partial charge in [-0.15, -0.1) is 5.10 Å². The minimum absolute atomic E-state index is 0.0575. The van der Waals surface area contributed by atoms with E-state index in [-0.39, 0.29) is 19.1 Å². The second-order valence-corrected chi connectivity index (χ2v) is 7.69. The summed E-state index contributed by atoms with van der Waals surface area (Å²) < 4.78 is 6.90. The second-order valence-electron chi connectivity index (χ2n) is 7.69. The highest BCUT2D eigenvalue weighted by Gasteiger charge is 2.30. The molecule has 1 atom stereocenters. The maximum Gasteiger partial charge on any atom is 0.407 e. The number of carbonyl (C=O) groups is 3. The van der Waals surface area contributed by atoms with Crippen molar-refractivity contribution in [3.8, 4) is 11.1 Å². The fraction of sp³-hybridized carbons (Fsp3) is 0.261. The van der Waals surface area contributed by atoms with Gasteiger partial charge in [0.2, 0.25) is 5.91 Å². The number of carbonyl (C=O) groups excluding carboxylic acids is 2. The first kappa shape index (κ1) is 22.0. The summed E-state index contributed by atoms with van der Waals surface area (Å²) in [6.45, 7) is 0.146. The highest BCUT2D eigenvalue weighted by Crippen LogP contribution is 2.44. The number of aryl methyl sites for hydroxylation is 1. The molecule has 10 nitrogen and oxygen atoms in total. The van der Waals surface area contributed by atoms with Crippen molar-refractivity contribution >= 4 is 18.0 Å². The molecule has 1 aromatic heterocycles. The van der Waals surface area contributed by atoms with Gasteiger partial charge in [-0.25, -0.2) is 4.79 Å². The summed E-state index contributed by atoms with van der Waals surface area (Å²) in [5, 5.41) is 21.6. The number of hydrogen-bond acceptors (Lipinski definition) is 6. The Morgan fingerprint density at radius 1 is 1.09 bits per heavy atom. The third-order valence-corrected chi connectivity index (χ3v) is 5.58. The van der Waals surface area contributed by atoms with Crippen LogP contribution in [-0.4, -0.2) is 50.7 Å². The van der Waals surface area contributed by atoms with Gasteiger partial charge < -0.3 is 20.5 Å². The Labute approximate surface area is 189 Å². The normalized spacial score (nSPS) is 13.0. The topological polar surface area (TPSA) is 135 Å². The van der Waals surface area contributed by atoms with E-state index >= 15 is 0 Å². The lowest BCUT2D eigenvalue weighted by Gasteiger charge is -2.18. The molecule has 1 unspecified atom stereocenters. The molecule has 1 aliphatic rings. The molecule has 0 radical (unpaired) electrons. The molecule has 170 valence electrons. The van der Waals surface area contributed by atoms with Crippen molar-refractivity contribution in [2.45, 2.75) is 24.9 Å². The summed E-state index contributed by atoms with van der Waals surface area (Å²) in [5.74, 6) is -2.02. The van der Waals surface area contributed by atoms with E-state index in [0.717, 1.165) is 22.3 Å². The van der Waals surface area contributed by atoms with E-state index in [1.54, 1.807) is 7.05 Å². The molecule has 0 spiro atoms. The molecular weight excluding hydrogens is 426 g/mol. The maximum atomic E-state index is 12.5. The lowest BCUT2D eigenvalue weighted by molar-refractivity contribution is -0.139. The van der Waals surface area contributed by atoms with Crippen LogP contribution >= 0.6 is 0 Å². The molecule has 2 aromatic carbocycles. The second kappa shape index (κ2) is 9.51. The number of aliphatic carboxylic acids is 1. The maximum absolute atomic E-state index is 12.5. The van der Waals surface area contributed by atoms with Crippen LogP contribution in [0.1, 0.15) is 29.2 Å². The van der Waals surface area contributed by atoms with Crippen molar-refractivity contribution in [3.63, 3.8) is 0 Å². The molecule has 0 saturated heterocycles. The molecule has 3 aromatic rings. The molecule has 1 heterocycles. The summed E-state index contributed by atoms with van der Waals surface area (Å²) in [6, 6.07) is 14.5. The van der Waals surface area contributed by atoms with Crippen LogP contribution in [-0.2, 0) is 27.9 Å². The Bertz CT molecular complexity index is 1150. The Kier molecular flexibility index (Phi) is 6.34.